The van der Waals surface area contributed by atoms with Crippen molar-refractivity contribution in [2.45, 2.75) is 63.6 Å². The summed E-state index contributed by atoms with van der Waals surface area (Å²) >= 11 is 0. The lowest BCUT2D eigenvalue weighted by Crippen LogP contribution is -2.45. The van der Waals surface area contributed by atoms with Crippen molar-refractivity contribution in [3.05, 3.63) is 52.8 Å². The van der Waals surface area contributed by atoms with Crippen LogP contribution < -0.4 is 10.2 Å². The molecule has 4 heterocycles. The lowest BCUT2D eigenvalue weighted by molar-refractivity contribution is -0.00184. The summed E-state index contributed by atoms with van der Waals surface area (Å²) in [5.74, 6) is -2.13. The minimum Gasteiger partial charge on any atom is -0.377 e. The normalized spacial score (nSPS) is 24.2. The maximum absolute atomic E-state index is 14.3. The Kier molecular flexibility index (Phi) is 4.76. The van der Waals surface area contributed by atoms with Crippen LogP contribution in [0.1, 0.15) is 54.6 Å². The molecule has 1 aliphatic carbocycles. The third-order valence-corrected chi connectivity index (χ3v) is 7.42. The van der Waals surface area contributed by atoms with E-state index in [1.165, 1.54) is 0 Å². The van der Waals surface area contributed by atoms with Gasteiger partial charge in [0.05, 0.1) is 54.4 Å². The lowest BCUT2D eigenvalue weighted by atomic mass is 9.97. The van der Waals surface area contributed by atoms with Crippen molar-refractivity contribution < 1.29 is 13.5 Å². The molecule has 2 aliphatic heterocycles. The van der Waals surface area contributed by atoms with Gasteiger partial charge in [-0.1, -0.05) is 18.2 Å². The smallest absolute Gasteiger partial charge is 0.273 e. The number of pyridine rings is 1. The molecule has 3 atom stereocenters. The fourth-order valence-corrected chi connectivity index (χ4v) is 5.78. The molecular weight excluding hydrogens is 424 g/mol. The number of nitrogens with one attached hydrogen (secondary N) is 1. The summed E-state index contributed by atoms with van der Waals surface area (Å²) in [5.41, 5.74) is 4.42. The van der Waals surface area contributed by atoms with Gasteiger partial charge in [0.15, 0.2) is 5.82 Å². The van der Waals surface area contributed by atoms with Crippen LogP contribution >= 0.6 is 0 Å². The summed E-state index contributed by atoms with van der Waals surface area (Å²) in [6.45, 7) is 5.38. The SMILES string of the molecule is Cc1nnc(N[C@H](C)c2cccc3c2CCC3(F)F)c2cc(N3C4CCC3COC4)cnc12. The summed E-state index contributed by atoms with van der Waals surface area (Å²) in [4.78, 5) is 7.18. The summed E-state index contributed by atoms with van der Waals surface area (Å²) in [6, 6.07) is 7.89. The molecule has 2 saturated heterocycles. The van der Waals surface area contributed by atoms with E-state index in [-0.39, 0.29) is 18.0 Å². The van der Waals surface area contributed by atoms with Crippen LogP contribution in [0.3, 0.4) is 0 Å². The molecule has 1 aromatic carbocycles. The summed E-state index contributed by atoms with van der Waals surface area (Å²) < 4.78 is 34.3. The molecule has 6 nitrogen and oxygen atoms in total. The highest BCUT2D eigenvalue weighted by molar-refractivity contribution is 5.92. The number of aryl methyl sites for hydroxylation is 1. The summed E-state index contributed by atoms with van der Waals surface area (Å²) in [7, 11) is 0. The van der Waals surface area contributed by atoms with Crippen LogP contribution in [0, 0.1) is 6.92 Å². The Labute approximate surface area is 191 Å². The molecule has 0 radical (unpaired) electrons. The second-order valence-corrected chi connectivity index (χ2v) is 9.50. The second-order valence-electron chi connectivity index (χ2n) is 9.50. The van der Waals surface area contributed by atoms with E-state index in [1.807, 2.05) is 26.1 Å². The molecule has 2 unspecified atom stereocenters. The highest BCUT2D eigenvalue weighted by atomic mass is 19.3. The number of hydrogen-bond acceptors (Lipinski definition) is 6. The largest absolute Gasteiger partial charge is 0.377 e. The fraction of sp³-hybridized carbons (Fsp3) is 0.480. The van der Waals surface area contributed by atoms with Gasteiger partial charge >= 0.3 is 0 Å². The number of rotatable bonds is 4. The van der Waals surface area contributed by atoms with Gasteiger partial charge in [0, 0.05) is 17.4 Å². The third-order valence-electron chi connectivity index (χ3n) is 7.42. The molecule has 6 rings (SSSR count). The molecule has 3 aromatic rings. The molecule has 0 spiro atoms. The van der Waals surface area contributed by atoms with Gasteiger partial charge in [-0.3, -0.25) is 4.98 Å². The zero-order valence-corrected chi connectivity index (χ0v) is 18.8. The first-order valence-electron chi connectivity index (χ1n) is 11.7. The van der Waals surface area contributed by atoms with Crippen molar-refractivity contribution in [2.24, 2.45) is 0 Å². The molecule has 172 valence electrons. The zero-order valence-electron chi connectivity index (χ0n) is 18.8. The van der Waals surface area contributed by atoms with Gasteiger partial charge in [0.2, 0.25) is 0 Å². The Bertz CT molecular complexity index is 1220. The first kappa shape index (κ1) is 20.7. The van der Waals surface area contributed by atoms with Gasteiger partial charge in [-0.25, -0.2) is 8.78 Å². The van der Waals surface area contributed by atoms with E-state index < -0.39 is 5.92 Å². The number of hydrogen-bond donors (Lipinski definition) is 1. The van der Waals surface area contributed by atoms with Gasteiger partial charge < -0.3 is 15.0 Å². The van der Waals surface area contributed by atoms with Gasteiger partial charge in [0.25, 0.3) is 5.92 Å². The molecule has 2 fully saturated rings. The molecule has 1 N–H and O–H groups in total. The number of fused-ring (bicyclic) bond motifs is 4. The number of nitrogens with zero attached hydrogens (tertiary/aromatic N) is 4. The van der Waals surface area contributed by atoms with Crippen LogP contribution in [0.4, 0.5) is 20.3 Å². The predicted molar refractivity (Wildman–Crippen MR) is 123 cm³/mol. The lowest BCUT2D eigenvalue weighted by Gasteiger charge is -2.36. The van der Waals surface area contributed by atoms with Crippen LogP contribution in [0.15, 0.2) is 30.5 Å². The fourth-order valence-electron chi connectivity index (χ4n) is 5.78. The van der Waals surface area contributed by atoms with Crippen molar-refractivity contribution in [3.63, 3.8) is 0 Å². The maximum Gasteiger partial charge on any atom is 0.273 e. The standard InChI is InChI=1S/C25H27F2N5O/c1-14(19-4-3-5-22-20(19)8-9-25(22,26)27)29-24-21-10-18(11-28-23(21)15(2)30-31-24)32-16-6-7-17(32)13-33-12-16/h3-5,10-11,14,16-17H,6-9,12-13H2,1-2H3,(H,29,31)/t14-,16?,17?/m1/s1. The third kappa shape index (κ3) is 3.34. The number of alkyl halides is 2. The van der Waals surface area contributed by atoms with Crippen LogP contribution in [0.25, 0.3) is 10.9 Å². The number of ether oxygens (including phenoxy) is 1. The van der Waals surface area contributed by atoms with Crippen molar-refractivity contribution in [3.8, 4) is 0 Å². The van der Waals surface area contributed by atoms with E-state index in [9.17, 15) is 8.78 Å². The topological polar surface area (TPSA) is 63.2 Å². The van der Waals surface area contributed by atoms with E-state index in [0.29, 0.717) is 24.3 Å². The van der Waals surface area contributed by atoms with Crippen molar-refractivity contribution in [2.75, 3.05) is 23.4 Å². The number of morpholine rings is 1. The predicted octanol–water partition coefficient (Wildman–Crippen LogP) is 4.91. The molecule has 0 saturated carbocycles. The van der Waals surface area contributed by atoms with Gasteiger partial charge in [-0.05, 0) is 50.3 Å². The van der Waals surface area contributed by atoms with E-state index in [1.54, 1.807) is 12.1 Å². The highest BCUT2D eigenvalue weighted by Crippen LogP contribution is 2.44. The molecular formula is C25H27F2N5O. The number of halogens is 2. The van der Waals surface area contributed by atoms with Crippen molar-refractivity contribution in [1.29, 1.82) is 0 Å². The maximum atomic E-state index is 14.3. The van der Waals surface area contributed by atoms with Gasteiger partial charge in [-0.2, -0.15) is 5.10 Å². The van der Waals surface area contributed by atoms with Crippen LogP contribution in [0.5, 0.6) is 0 Å². The Morgan fingerprint density at radius 1 is 1.18 bits per heavy atom. The van der Waals surface area contributed by atoms with E-state index >= 15 is 0 Å². The minimum absolute atomic E-state index is 0.130. The molecule has 3 aliphatic rings. The monoisotopic (exact) mass is 451 g/mol. The molecule has 33 heavy (non-hydrogen) atoms. The van der Waals surface area contributed by atoms with Gasteiger partial charge in [0.1, 0.15) is 0 Å². The molecule has 8 heteroatoms. The van der Waals surface area contributed by atoms with Crippen molar-refractivity contribution >= 4 is 22.4 Å². The first-order chi connectivity index (χ1) is 15.9. The average Bonchev–Trinajstić information content (AvgIpc) is 3.26. The Morgan fingerprint density at radius 2 is 1.97 bits per heavy atom. The molecule has 2 aromatic heterocycles. The second kappa shape index (κ2) is 7.58. The Morgan fingerprint density at radius 3 is 2.76 bits per heavy atom. The first-order valence-corrected chi connectivity index (χ1v) is 11.7. The minimum atomic E-state index is -2.75. The van der Waals surface area contributed by atoms with Crippen LogP contribution in [0.2, 0.25) is 0 Å². The van der Waals surface area contributed by atoms with Gasteiger partial charge in [-0.15, -0.1) is 5.10 Å². The van der Waals surface area contributed by atoms with Crippen molar-refractivity contribution in [1.82, 2.24) is 15.2 Å². The molecule has 2 bridgehead atoms. The van der Waals surface area contributed by atoms with Crippen LogP contribution in [-0.4, -0.2) is 40.5 Å². The van der Waals surface area contributed by atoms with E-state index in [4.69, 9.17) is 9.72 Å². The number of anilines is 2. The van der Waals surface area contributed by atoms with E-state index in [0.717, 1.165) is 59.5 Å². The zero-order chi connectivity index (χ0) is 22.7. The van der Waals surface area contributed by atoms with E-state index in [2.05, 4.69) is 26.5 Å². The number of benzene rings is 1. The summed E-state index contributed by atoms with van der Waals surface area (Å²) in [5, 5.41) is 13.1. The molecule has 0 amide bonds. The summed E-state index contributed by atoms with van der Waals surface area (Å²) in [6.07, 6.45) is 4.43. The highest BCUT2D eigenvalue weighted by Gasteiger charge is 2.40. The Balaban J connectivity index is 1.37. The Hall–Kier alpha value is -2.87. The number of aromatic nitrogens is 3. The quantitative estimate of drug-likeness (QED) is 0.608. The average molecular weight is 452 g/mol. The van der Waals surface area contributed by atoms with Crippen LogP contribution in [-0.2, 0) is 17.1 Å².